The molecule has 10 heteroatoms. The average Bonchev–Trinajstić information content (AvgIpc) is 3.32. The molecule has 4 aromatic heterocycles. The van der Waals surface area contributed by atoms with Crippen LogP contribution < -0.4 is 10.6 Å². The maximum atomic E-state index is 13.1. The van der Waals surface area contributed by atoms with Crippen LogP contribution in [0.15, 0.2) is 37.2 Å². The number of hydrogen-bond donors (Lipinski definition) is 2. The number of anilines is 3. The second-order valence-corrected chi connectivity index (χ2v) is 7.26. The summed E-state index contributed by atoms with van der Waals surface area (Å²) < 4.78 is 17.2. The van der Waals surface area contributed by atoms with Gasteiger partial charge >= 0.3 is 0 Å². The largest absolute Gasteiger partial charge is 0.344 e. The van der Waals surface area contributed by atoms with Gasteiger partial charge in [0.15, 0.2) is 5.82 Å². The summed E-state index contributed by atoms with van der Waals surface area (Å²) in [5.41, 5.74) is 0.857. The minimum Gasteiger partial charge on any atom is -0.344 e. The van der Waals surface area contributed by atoms with E-state index >= 15 is 0 Å². The molecule has 0 spiro atoms. The zero-order valence-electron chi connectivity index (χ0n) is 16.0. The number of imidazole rings is 1. The highest BCUT2D eigenvalue weighted by molar-refractivity contribution is 5.90. The number of hydrogen-bond acceptors (Lipinski definition) is 7. The molecule has 0 bridgehead atoms. The quantitative estimate of drug-likeness (QED) is 0.518. The van der Waals surface area contributed by atoms with Gasteiger partial charge in [-0.3, -0.25) is 0 Å². The first-order valence-electron chi connectivity index (χ1n) is 9.44. The first-order valence-corrected chi connectivity index (χ1v) is 9.44. The highest BCUT2D eigenvalue weighted by Crippen LogP contribution is 2.38. The predicted octanol–water partition coefficient (Wildman–Crippen LogP) is 3.35. The van der Waals surface area contributed by atoms with Gasteiger partial charge in [0.2, 0.25) is 5.95 Å². The van der Waals surface area contributed by atoms with Crippen LogP contribution in [0.1, 0.15) is 37.7 Å². The molecule has 9 nitrogen and oxygen atoms in total. The summed E-state index contributed by atoms with van der Waals surface area (Å²) in [5, 5.41) is 7.44. The van der Waals surface area contributed by atoms with E-state index < -0.39 is 5.82 Å². The fraction of sp³-hybridized carbons (Fsp3) is 0.316. The van der Waals surface area contributed by atoms with Gasteiger partial charge in [0, 0.05) is 25.5 Å². The lowest BCUT2D eigenvalue weighted by Crippen LogP contribution is -2.14. The van der Waals surface area contributed by atoms with E-state index in [0.717, 1.165) is 36.3 Å². The van der Waals surface area contributed by atoms with Crippen molar-refractivity contribution in [3.8, 4) is 0 Å². The second-order valence-electron chi connectivity index (χ2n) is 7.26. The first kappa shape index (κ1) is 17.5. The molecule has 4 aromatic rings. The lowest BCUT2D eigenvalue weighted by atomic mass is 10.3. The van der Waals surface area contributed by atoms with Crippen molar-refractivity contribution in [2.45, 2.75) is 31.8 Å². The zero-order valence-corrected chi connectivity index (χ0v) is 16.0. The molecule has 148 valence electrons. The van der Waals surface area contributed by atoms with E-state index in [1.165, 1.54) is 0 Å². The molecule has 0 radical (unpaired) electrons. The van der Waals surface area contributed by atoms with Gasteiger partial charge in [0.25, 0.3) is 0 Å². The Hall–Kier alpha value is -3.56. The summed E-state index contributed by atoms with van der Waals surface area (Å²) in [5.74, 6) is 1.81. The molecule has 5 rings (SSSR count). The topological polar surface area (TPSA) is 98.4 Å². The molecule has 1 aliphatic rings. The van der Waals surface area contributed by atoms with E-state index in [9.17, 15) is 4.39 Å². The third-order valence-electron chi connectivity index (χ3n) is 4.84. The number of halogens is 1. The minimum atomic E-state index is -0.470. The number of fused-ring (bicyclic) bond motifs is 1. The van der Waals surface area contributed by atoms with E-state index in [1.54, 1.807) is 6.33 Å². The van der Waals surface area contributed by atoms with Gasteiger partial charge < -0.3 is 19.8 Å². The van der Waals surface area contributed by atoms with Crippen LogP contribution in [-0.2, 0) is 7.05 Å². The van der Waals surface area contributed by atoms with Crippen molar-refractivity contribution >= 4 is 28.6 Å². The van der Waals surface area contributed by atoms with Crippen molar-refractivity contribution in [3.63, 3.8) is 0 Å². The Labute approximate surface area is 166 Å². The molecule has 1 saturated carbocycles. The van der Waals surface area contributed by atoms with Crippen LogP contribution in [0.2, 0.25) is 0 Å². The average molecular weight is 393 g/mol. The number of nitrogens with zero attached hydrogens (tertiary/aromatic N) is 7. The van der Waals surface area contributed by atoms with E-state index in [0.29, 0.717) is 29.5 Å². The van der Waals surface area contributed by atoms with Crippen molar-refractivity contribution in [1.82, 2.24) is 34.1 Å². The number of aromatic nitrogens is 7. The Morgan fingerprint density at radius 3 is 2.66 bits per heavy atom. The van der Waals surface area contributed by atoms with Crippen LogP contribution >= 0.6 is 0 Å². The fourth-order valence-corrected chi connectivity index (χ4v) is 3.24. The van der Waals surface area contributed by atoms with Crippen LogP contribution in [0, 0.1) is 5.82 Å². The van der Waals surface area contributed by atoms with Crippen molar-refractivity contribution in [2.24, 2.45) is 7.05 Å². The SMILES string of the molecule is C[C@@H](Nc1nc(Nc2cn(C)cn2)c2ccn(C3CC3)c2n1)c1ncc(F)cn1. The van der Waals surface area contributed by atoms with Gasteiger partial charge in [-0.2, -0.15) is 9.97 Å². The highest BCUT2D eigenvalue weighted by Gasteiger charge is 2.26. The van der Waals surface area contributed by atoms with Crippen LogP contribution in [-0.4, -0.2) is 34.1 Å². The summed E-state index contributed by atoms with van der Waals surface area (Å²) in [4.78, 5) is 21.8. The minimum absolute atomic E-state index is 0.292. The lowest BCUT2D eigenvalue weighted by molar-refractivity contribution is 0.604. The molecule has 0 unspecified atom stereocenters. The van der Waals surface area contributed by atoms with Gasteiger partial charge in [-0.15, -0.1) is 0 Å². The standard InChI is InChI=1S/C19H20FN9/c1-11(16-21-7-12(20)8-22-16)24-19-26-17(25-15-9-28(2)10-23-15)14-5-6-29(13-3-4-13)18(14)27-19/h5-11,13H,3-4H2,1-2H3,(H2,24,25,26,27)/t11-/m1/s1. The molecule has 0 saturated heterocycles. The van der Waals surface area contributed by atoms with Crippen LogP contribution in [0.5, 0.6) is 0 Å². The van der Waals surface area contributed by atoms with Crippen LogP contribution in [0.4, 0.5) is 22.0 Å². The van der Waals surface area contributed by atoms with Crippen molar-refractivity contribution in [1.29, 1.82) is 0 Å². The molecular formula is C19H20FN9. The predicted molar refractivity (Wildman–Crippen MR) is 106 cm³/mol. The zero-order chi connectivity index (χ0) is 20.0. The van der Waals surface area contributed by atoms with Gasteiger partial charge in [-0.25, -0.2) is 19.3 Å². The molecule has 2 N–H and O–H groups in total. The Morgan fingerprint density at radius 2 is 1.97 bits per heavy atom. The lowest BCUT2D eigenvalue weighted by Gasteiger charge is -2.14. The van der Waals surface area contributed by atoms with Gasteiger partial charge in [0.05, 0.1) is 30.1 Å². The summed E-state index contributed by atoms with van der Waals surface area (Å²) in [6.45, 7) is 1.88. The van der Waals surface area contributed by atoms with E-state index in [2.05, 4.69) is 41.3 Å². The monoisotopic (exact) mass is 393 g/mol. The third kappa shape index (κ3) is 3.48. The number of aryl methyl sites for hydroxylation is 1. The normalized spacial score (nSPS) is 14.9. The molecule has 29 heavy (non-hydrogen) atoms. The summed E-state index contributed by atoms with van der Waals surface area (Å²) in [6, 6.07) is 2.21. The Kier molecular flexibility index (Phi) is 4.11. The first-order chi connectivity index (χ1) is 14.1. The molecule has 1 fully saturated rings. The number of rotatable bonds is 6. The molecule has 0 aromatic carbocycles. The third-order valence-corrected chi connectivity index (χ3v) is 4.84. The Morgan fingerprint density at radius 1 is 1.17 bits per heavy atom. The number of nitrogens with one attached hydrogen (secondary N) is 2. The molecule has 1 aliphatic carbocycles. The maximum absolute atomic E-state index is 13.1. The van der Waals surface area contributed by atoms with E-state index in [4.69, 9.17) is 4.98 Å². The summed E-state index contributed by atoms with van der Waals surface area (Å²) >= 11 is 0. The molecule has 0 aliphatic heterocycles. The van der Waals surface area contributed by atoms with Crippen LogP contribution in [0.3, 0.4) is 0 Å². The van der Waals surface area contributed by atoms with E-state index in [-0.39, 0.29) is 6.04 Å². The second kappa shape index (κ2) is 6.80. The van der Waals surface area contributed by atoms with Gasteiger partial charge in [0.1, 0.15) is 23.1 Å². The van der Waals surface area contributed by atoms with Crippen molar-refractivity contribution in [2.75, 3.05) is 10.6 Å². The van der Waals surface area contributed by atoms with Crippen molar-refractivity contribution in [3.05, 3.63) is 48.8 Å². The molecule has 1 atom stereocenters. The molecule has 4 heterocycles. The maximum Gasteiger partial charge on any atom is 0.227 e. The van der Waals surface area contributed by atoms with Crippen molar-refractivity contribution < 1.29 is 4.39 Å². The smallest absolute Gasteiger partial charge is 0.227 e. The Balaban J connectivity index is 1.52. The molecule has 0 amide bonds. The van der Waals surface area contributed by atoms with Gasteiger partial charge in [-0.05, 0) is 25.8 Å². The van der Waals surface area contributed by atoms with E-state index in [1.807, 2.05) is 30.8 Å². The summed E-state index contributed by atoms with van der Waals surface area (Å²) in [7, 11) is 1.91. The summed E-state index contributed by atoms with van der Waals surface area (Å²) in [6.07, 6.45) is 10.3. The highest BCUT2D eigenvalue weighted by atomic mass is 19.1. The fourth-order valence-electron chi connectivity index (χ4n) is 3.24. The van der Waals surface area contributed by atoms with Crippen LogP contribution in [0.25, 0.3) is 11.0 Å². The molecular weight excluding hydrogens is 373 g/mol. The Bertz CT molecular complexity index is 1160. The van der Waals surface area contributed by atoms with Gasteiger partial charge in [-0.1, -0.05) is 0 Å².